The van der Waals surface area contributed by atoms with Crippen LogP contribution in [0.3, 0.4) is 0 Å². The van der Waals surface area contributed by atoms with Crippen LogP contribution in [0.15, 0.2) is 67.0 Å². The molecule has 1 aliphatic carbocycles. The van der Waals surface area contributed by atoms with Gasteiger partial charge < -0.3 is 15.0 Å². The molecule has 2 heterocycles. The van der Waals surface area contributed by atoms with Crippen LogP contribution in [0.4, 0.5) is 10.5 Å². The van der Waals surface area contributed by atoms with E-state index >= 15 is 0 Å². The number of hydrogen-bond acceptors (Lipinski definition) is 6. The lowest BCUT2D eigenvalue weighted by atomic mass is 10.1. The van der Waals surface area contributed by atoms with Crippen LogP contribution in [0.5, 0.6) is 5.75 Å². The second-order valence-corrected chi connectivity index (χ2v) is 10.2. The van der Waals surface area contributed by atoms with Gasteiger partial charge in [-0.1, -0.05) is 24.4 Å². The van der Waals surface area contributed by atoms with Gasteiger partial charge in [-0.2, -0.15) is 5.10 Å². The van der Waals surface area contributed by atoms with Crippen molar-refractivity contribution in [1.29, 1.82) is 0 Å². The number of amides is 2. The van der Waals surface area contributed by atoms with Gasteiger partial charge in [0.15, 0.2) is 17.4 Å². The number of ether oxygens (including phenoxy) is 1. The van der Waals surface area contributed by atoms with E-state index < -0.39 is 0 Å². The van der Waals surface area contributed by atoms with Crippen LogP contribution in [0, 0.1) is 0 Å². The number of nitrogens with zero attached hydrogens (tertiary/aromatic N) is 5. The van der Waals surface area contributed by atoms with Crippen molar-refractivity contribution >= 4 is 29.1 Å². The maximum Gasteiger partial charge on any atom is 0.322 e. The fraction of sp³-hybridized carbons (Fsp3) is 0.300. The minimum atomic E-state index is -0.175. The summed E-state index contributed by atoms with van der Waals surface area (Å²) in [4.78, 5) is 36.0. The first kappa shape index (κ1) is 27.3. The molecular weight excluding hydrogens is 528 g/mol. The second-order valence-electron chi connectivity index (χ2n) is 9.76. The van der Waals surface area contributed by atoms with Gasteiger partial charge in [0.2, 0.25) is 0 Å². The highest BCUT2D eigenvalue weighted by Gasteiger charge is 2.27. The van der Waals surface area contributed by atoms with Crippen LogP contribution >= 0.6 is 11.6 Å². The van der Waals surface area contributed by atoms with Gasteiger partial charge in [-0.15, -0.1) is 0 Å². The quantitative estimate of drug-likeness (QED) is 0.240. The third-order valence-electron chi connectivity index (χ3n) is 7.14. The van der Waals surface area contributed by atoms with Crippen molar-refractivity contribution in [3.05, 3.63) is 77.6 Å². The van der Waals surface area contributed by atoms with Crippen molar-refractivity contribution in [2.45, 2.75) is 45.2 Å². The van der Waals surface area contributed by atoms with Crippen LogP contribution < -0.4 is 10.1 Å². The van der Waals surface area contributed by atoms with Gasteiger partial charge in [0.25, 0.3) is 0 Å². The maximum atomic E-state index is 13.5. The summed E-state index contributed by atoms with van der Waals surface area (Å²) in [6.07, 6.45) is 7.50. The van der Waals surface area contributed by atoms with Gasteiger partial charge in [-0.3, -0.25) is 9.78 Å². The summed E-state index contributed by atoms with van der Waals surface area (Å²) in [5, 5.41) is 8.30. The normalized spacial score (nSPS) is 13.3. The van der Waals surface area contributed by atoms with E-state index in [1.54, 1.807) is 49.8 Å². The first-order valence-corrected chi connectivity index (χ1v) is 13.7. The highest BCUT2D eigenvalue weighted by atomic mass is 35.5. The fourth-order valence-electron chi connectivity index (χ4n) is 4.99. The molecule has 0 aliphatic heterocycles. The molecule has 10 heteroatoms. The number of Topliss-reactive ketones (excluding diaryl/α,β-unsaturated/α-hetero) is 1. The van der Waals surface area contributed by atoms with Crippen molar-refractivity contribution in [2.24, 2.45) is 0 Å². The second kappa shape index (κ2) is 12.3. The molecule has 2 aromatic carbocycles. The van der Waals surface area contributed by atoms with Crippen molar-refractivity contribution in [2.75, 3.05) is 19.0 Å². The molecule has 2 amide bonds. The third-order valence-corrected chi connectivity index (χ3v) is 7.44. The van der Waals surface area contributed by atoms with Gasteiger partial charge in [0.1, 0.15) is 5.75 Å². The number of benzene rings is 2. The van der Waals surface area contributed by atoms with Gasteiger partial charge in [-0.05, 0) is 74.4 Å². The number of rotatable bonds is 9. The van der Waals surface area contributed by atoms with Crippen LogP contribution in [-0.2, 0) is 6.54 Å². The summed E-state index contributed by atoms with van der Waals surface area (Å²) < 4.78 is 7.14. The topological polar surface area (TPSA) is 102 Å². The first-order valence-electron chi connectivity index (χ1n) is 13.3. The number of methoxy groups -OCH3 is 1. The lowest BCUT2D eigenvalue weighted by Gasteiger charge is -2.29. The average Bonchev–Trinajstić information content (AvgIpc) is 3.65. The highest BCUT2D eigenvalue weighted by molar-refractivity contribution is 6.32. The van der Waals surface area contributed by atoms with Gasteiger partial charge >= 0.3 is 6.03 Å². The molecule has 0 atom stereocenters. The van der Waals surface area contributed by atoms with E-state index in [0.29, 0.717) is 46.8 Å². The summed E-state index contributed by atoms with van der Waals surface area (Å²) in [5.74, 6) is 1.76. The lowest BCUT2D eigenvalue weighted by molar-refractivity contribution is 0.101. The van der Waals surface area contributed by atoms with Crippen LogP contribution in [-0.4, -0.2) is 56.2 Å². The Morgan fingerprint density at radius 1 is 1.05 bits per heavy atom. The highest BCUT2D eigenvalue weighted by Crippen LogP contribution is 2.31. The van der Waals surface area contributed by atoms with E-state index in [4.69, 9.17) is 26.4 Å². The molecule has 2 aromatic heterocycles. The molecular formula is C30H31ClN6O3. The molecule has 1 N–H and O–H groups in total. The lowest BCUT2D eigenvalue weighted by Crippen LogP contribution is -2.43. The van der Waals surface area contributed by atoms with E-state index in [1.807, 2.05) is 33.8 Å². The monoisotopic (exact) mass is 558 g/mol. The first-order chi connectivity index (χ1) is 19.4. The number of urea groups is 1. The van der Waals surface area contributed by atoms with E-state index in [2.05, 4.69) is 10.3 Å². The summed E-state index contributed by atoms with van der Waals surface area (Å²) in [5.41, 5.74) is 2.88. The number of anilines is 1. The summed E-state index contributed by atoms with van der Waals surface area (Å²) >= 11 is 6.44. The predicted molar refractivity (Wildman–Crippen MR) is 155 cm³/mol. The molecule has 0 spiro atoms. The number of ketones is 1. The Morgan fingerprint density at radius 3 is 2.42 bits per heavy atom. The Bertz CT molecular complexity index is 1480. The predicted octanol–water partition coefficient (Wildman–Crippen LogP) is 6.35. The zero-order valence-electron chi connectivity index (χ0n) is 22.5. The number of halogens is 1. The zero-order valence-corrected chi connectivity index (χ0v) is 23.3. The molecule has 1 saturated carbocycles. The van der Waals surface area contributed by atoms with Gasteiger partial charge in [-0.25, -0.2) is 14.5 Å². The average molecular weight is 559 g/mol. The molecule has 1 aliphatic rings. The Kier molecular flexibility index (Phi) is 8.40. The van der Waals surface area contributed by atoms with E-state index in [1.165, 1.54) is 6.92 Å². The van der Waals surface area contributed by atoms with Crippen molar-refractivity contribution < 1.29 is 14.3 Å². The smallest absolute Gasteiger partial charge is 0.322 e. The summed E-state index contributed by atoms with van der Waals surface area (Å²) in [6.45, 7) is 2.40. The molecule has 4 aromatic rings. The van der Waals surface area contributed by atoms with Gasteiger partial charge in [0.05, 0.1) is 18.7 Å². The molecule has 40 heavy (non-hydrogen) atoms. The van der Waals surface area contributed by atoms with Crippen LogP contribution in [0.1, 0.15) is 43.0 Å². The van der Waals surface area contributed by atoms with E-state index in [-0.39, 0.29) is 17.9 Å². The number of nitrogens with one attached hydrogen (secondary N) is 1. The minimum absolute atomic E-state index is 0.0154. The number of aromatic nitrogens is 4. The van der Waals surface area contributed by atoms with E-state index in [9.17, 15) is 9.59 Å². The minimum Gasteiger partial charge on any atom is -0.495 e. The zero-order chi connectivity index (χ0) is 28.1. The van der Waals surface area contributed by atoms with Crippen LogP contribution in [0.25, 0.3) is 22.8 Å². The molecule has 0 radical (unpaired) electrons. The van der Waals surface area contributed by atoms with E-state index in [0.717, 1.165) is 36.8 Å². The number of carbonyl (C=O) groups is 2. The Morgan fingerprint density at radius 2 is 1.77 bits per heavy atom. The Balaban J connectivity index is 1.41. The van der Waals surface area contributed by atoms with Crippen molar-refractivity contribution in [3.8, 4) is 28.5 Å². The summed E-state index contributed by atoms with van der Waals surface area (Å²) in [6, 6.07) is 16.1. The maximum absolute atomic E-state index is 13.5. The molecule has 0 unspecified atom stereocenters. The number of carbonyl (C=O) groups excluding carboxylic acids is 2. The molecule has 9 nitrogen and oxygen atoms in total. The summed E-state index contributed by atoms with van der Waals surface area (Å²) in [7, 11) is 1.57. The molecule has 1 fully saturated rings. The van der Waals surface area contributed by atoms with Gasteiger partial charge in [0, 0.05) is 47.4 Å². The molecule has 206 valence electrons. The largest absolute Gasteiger partial charge is 0.495 e. The third kappa shape index (κ3) is 6.15. The molecule has 5 rings (SSSR count). The standard InChI is InChI=1S/C30H31ClN6O3/c1-20(38)21-7-10-24(11-8-21)33-30(39)36(25-5-3-4-6-25)17-18-37-29(23-9-12-27(40-2)26(31)19-23)34-28(35-37)22-13-15-32-16-14-22/h7-16,19,25H,3-6,17-18H2,1-2H3,(H,33,39). The molecule has 0 bridgehead atoms. The fourth-order valence-corrected chi connectivity index (χ4v) is 5.25. The van der Waals surface area contributed by atoms with Crippen molar-refractivity contribution in [1.82, 2.24) is 24.6 Å². The van der Waals surface area contributed by atoms with Crippen LogP contribution in [0.2, 0.25) is 5.02 Å². The Hall–Kier alpha value is -4.24. The Labute approximate surface area is 238 Å². The number of hydrogen-bond donors (Lipinski definition) is 1. The number of pyridine rings is 1. The SMILES string of the molecule is COc1ccc(-c2nc(-c3ccncc3)nn2CCN(C(=O)Nc2ccc(C(C)=O)cc2)C2CCCC2)cc1Cl. The van der Waals surface area contributed by atoms with Crippen molar-refractivity contribution in [3.63, 3.8) is 0 Å². The molecule has 0 saturated heterocycles.